The molecule has 122 valence electrons. The molecule has 0 spiro atoms. The summed E-state index contributed by atoms with van der Waals surface area (Å²) in [7, 11) is 0. The van der Waals surface area contributed by atoms with Crippen molar-refractivity contribution in [1.29, 1.82) is 0 Å². The van der Waals surface area contributed by atoms with E-state index in [0.717, 1.165) is 16.5 Å². The molecular weight excluding hydrogens is 294 g/mol. The van der Waals surface area contributed by atoms with Crippen molar-refractivity contribution >= 4 is 22.6 Å². The SMILES string of the molecule is O=C(O)CCCCC(=O)NCCOc1ccc2ccccc2c1. The van der Waals surface area contributed by atoms with Crippen LogP contribution in [0.3, 0.4) is 0 Å². The van der Waals surface area contributed by atoms with Gasteiger partial charge in [-0.15, -0.1) is 0 Å². The molecule has 0 atom stereocenters. The van der Waals surface area contributed by atoms with Gasteiger partial charge in [0.2, 0.25) is 5.91 Å². The minimum Gasteiger partial charge on any atom is -0.492 e. The third-order valence-electron chi connectivity index (χ3n) is 3.46. The molecule has 2 N–H and O–H groups in total. The standard InChI is InChI=1S/C18H21NO4/c20-17(7-3-4-8-18(21)22)19-11-12-23-16-10-9-14-5-1-2-6-15(14)13-16/h1-2,5-6,9-10,13H,3-4,7-8,11-12H2,(H,19,20)(H,21,22). The number of hydrogen-bond donors (Lipinski definition) is 2. The summed E-state index contributed by atoms with van der Waals surface area (Å²) in [4.78, 5) is 21.9. The van der Waals surface area contributed by atoms with Crippen molar-refractivity contribution in [3.05, 3.63) is 42.5 Å². The first-order chi connectivity index (χ1) is 11.1. The number of fused-ring (bicyclic) bond motifs is 1. The number of ether oxygens (including phenoxy) is 1. The first kappa shape index (κ1) is 16.8. The predicted molar refractivity (Wildman–Crippen MR) is 88.6 cm³/mol. The summed E-state index contributed by atoms with van der Waals surface area (Å²) >= 11 is 0. The number of unbranched alkanes of at least 4 members (excludes halogenated alkanes) is 1. The van der Waals surface area contributed by atoms with E-state index in [4.69, 9.17) is 9.84 Å². The van der Waals surface area contributed by atoms with Gasteiger partial charge in [-0.3, -0.25) is 9.59 Å². The average Bonchev–Trinajstić information content (AvgIpc) is 2.55. The van der Waals surface area contributed by atoms with Crippen molar-refractivity contribution < 1.29 is 19.4 Å². The van der Waals surface area contributed by atoms with Crippen molar-refractivity contribution in [2.75, 3.05) is 13.2 Å². The van der Waals surface area contributed by atoms with Gasteiger partial charge < -0.3 is 15.2 Å². The predicted octanol–water partition coefficient (Wildman–Crippen LogP) is 2.98. The Bertz CT molecular complexity index is 669. The number of carboxylic acid groups (broad SMARTS) is 1. The Morgan fingerprint density at radius 1 is 1.00 bits per heavy atom. The van der Waals surface area contributed by atoms with E-state index >= 15 is 0 Å². The van der Waals surface area contributed by atoms with Crippen LogP contribution in [0.1, 0.15) is 25.7 Å². The van der Waals surface area contributed by atoms with Crippen LogP contribution in [0.5, 0.6) is 5.75 Å². The fourth-order valence-electron chi connectivity index (χ4n) is 2.27. The van der Waals surface area contributed by atoms with Crippen molar-refractivity contribution in [2.45, 2.75) is 25.7 Å². The second-order valence-electron chi connectivity index (χ2n) is 5.31. The number of rotatable bonds is 9. The number of hydrogen-bond acceptors (Lipinski definition) is 3. The van der Waals surface area contributed by atoms with E-state index in [2.05, 4.69) is 5.32 Å². The van der Waals surface area contributed by atoms with Gasteiger partial charge in [-0.1, -0.05) is 30.3 Å². The molecule has 1 amide bonds. The van der Waals surface area contributed by atoms with Crippen LogP contribution in [-0.2, 0) is 9.59 Å². The van der Waals surface area contributed by atoms with Gasteiger partial charge in [0.15, 0.2) is 0 Å². The fraction of sp³-hybridized carbons (Fsp3) is 0.333. The van der Waals surface area contributed by atoms with Crippen LogP contribution in [0.15, 0.2) is 42.5 Å². The molecule has 23 heavy (non-hydrogen) atoms. The van der Waals surface area contributed by atoms with Crippen LogP contribution >= 0.6 is 0 Å². The van der Waals surface area contributed by atoms with Crippen LogP contribution in [0.25, 0.3) is 10.8 Å². The second-order valence-corrected chi connectivity index (χ2v) is 5.31. The Kier molecular flexibility index (Phi) is 6.41. The average molecular weight is 315 g/mol. The van der Waals surface area contributed by atoms with Crippen LogP contribution in [0.4, 0.5) is 0 Å². The highest BCUT2D eigenvalue weighted by Gasteiger charge is 2.03. The summed E-state index contributed by atoms with van der Waals surface area (Å²) in [6, 6.07) is 13.9. The zero-order valence-corrected chi connectivity index (χ0v) is 13.0. The Balaban J connectivity index is 1.64. The highest BCUT2D eigenvalue weighted by Crippen LogP contribution is 2.20. The molecular formula is C18H21NO4. The van der Waals surface area contributed by atoms with E-state index in [1.54, 1.807) is 0 Å². The maximum absolute atomic E-state index is 11.6. The Hall–Kier alpha value is -2.56. The number of nitrogens with one attached hydrogen (secondary N) is 1. The molecule has 0 aliphatic heterocycles. The highest BCUT2D eigenvalue weighted by molar-refractivity contribution is 5.83. The highest BCUT2D eigenvalue weighted by atomic mass is 16.5. The fourth-order valence-corrected chi connectivity index (χ4v) is 2.27. The Morgan fingerprint density at radius 3 is 2.52 bits per heavy atom. The van der Waals surface area contributed by atoms with Crippen molar-refractivity contribution in [2.24, 2.45) is 0 Å². The molecule has 0 aromatic heterocycles. The molecule has 0 aliphatic rings. The third kappa shape index (κ3) is 5.98. The largest absolute Gasteiger partial charge is 0.492 e. The lowest BCUT2D eigenvalue weighted by atomic mass is 10.1. The van der Waals surface area contributed by atoms with E-state index in [1.807, 2.05) is 42.5 Å². The summed E-state index contributed by atoms with van der Waals surface area (Å²) in [6.07, 6.45) is 1.57. The lowest BCUT2D eigenvalue weighted by Gasteiger charge is -2.08. The number of aliphatic carboxylic acids is 1. The monoisotopic (exact) mass is 315 g/mol. The van der Waals surface area contributed by atoms with Crippen molar-refractivity contribution in [3.63, 3.8) is 0 Å². The van der Waals surface area contributed by atoms with Gasteiger partial charge in [-0.2, -0.15) is 0 Å². The second kappa shape index (κ2) is 8.78. The van der Waals surface area contributed by atoms with Gasteiger partial charge in [0.1, 0.15) is 12.4 Å². The van der Waals surface area contributed by atoms with E-state index in [0.29, 0.717) is 32.4 Å². The van der Waals surface area contributed by atoms with Gasteiger partial charge >= 0.3 is 5.97 Å². The maximum atomic E-state index is 11.6. The van der Waals surface area contributed by atoms with Gasteiger partial charge in [-0.05, 0) is 35.7 Å². The van der Waals surface area contributed by atoms with Gasteiger partial charge in [0, 0.05) is 12.8 Å². The molecule has 5 heteroatoms. The lowest BCUT2D eigenvalue weighted by molar-refractivity contribution is -0.137. The summed E-state index contributed by atoms with van der Waals surface area (Å²) in [5.74, 6) is -0.119. The van der Waals surface area contributed by atoms with E-state index in [1.165, 1.54) is 0 Å². The van der Waals surface area contributed by atoms with Crippen molar-refractivity contribution in [1.82, 2.24) is 5.32 Å². The molecule has 0 heterocycles. The number of carboxylic acids is 1. The van der Waals surface area contributed by atoms with Crippen LogP contribution in [0, 0.1) is 0 Å². The number of carbonyl (C=O) groups is 2. The zero-order valence-electron chi connectivity index (χ0n) is 13.0. The molecule has 0 saturated carbocycles. The maximum Gasteiger partial charge on any atom is 0.303 e. The molecule has 2 aromatic rings. The summed E-state index contributed by atoms with van der Waals surface area (Å²) < 4.78 is 5.63. The molecule has 0 unspecified atom stereocenters. The van der Waals surface area contributed by atoms with Crippen molar-refractivity contribution in [3.8, 4) is 5.75 Å². The molecule has 0 bridgehead atoms. The number of amides is 1. The van der Waals surface area contributed by atoms with Crippen LogP contribution in [-0.4, -0.2) is 30.1 Å². The van der Waals surface area contributed by atoms with E-state index in [-0.39, 0.29) is 12.3 Å². The quantitative estimate of drug-likeness (QED) is 0.698. The molecule has 0 saturated heterocycles. The molecule has 0 radical (unpaired) electrons. The van der Waals surface area contributed by atoms with E-state index in [9.17, 15) is 9.59 Å². The molecule has 0 aliphatic carbocycles. The zero-order chi connectivity index (χ0) is 16.5. The first-order valence-electron chi connectivity index (χ1n) is 7.75. The normalized spacial score (nSPS) is 10.4. The minimum atomic E-state index is -0.825. The lowest BCUT2D eigenvalue weighted by Crippen LogP contribution is -2.27. The molecule has 2 aromatic carbocycles. The summed E-state index contributed by atoms with van der Waals surface area (Å²) in [6.45, 7) is 0.837. The van der Waals surface area contributed by atoms with Gasteiger partial charge in [0.25, 0.3) is 0 Å². The van der Waals surface area contributed by atoms with Gasteiger partial charge in [-0.25, -0.2) is 0 Å². The van der Waals surface area contributed by atoms with Crippen LogP contribution < -0.4 is 10.1 Å². The topological polar surface area (TPSA) is 75.6 Å². The minimum absolute atomic E-state index is 0.0718. The summed E-state index contributed by atoms with van der Waals surface area (Å²) in [5, 5.41) is 13.6. The smallest absolute Gasteiger partial charge is 0.303 e. The summed E-state index contributed by atoms with van der Waals surface area (Å²) in [5.41, 5.74) is 0. The Labute approximate surface area is 135 Å². The third-order valence-corrected chi connectivity index (χ3v) is 3.46. The van der Waals surface area contributed by atoms with Gasteiger partial charge in [0.05, 0.1) is 6.54 Å². The Morgan fingerprint density at radius 2 is 1.74 bits per heavy atom. The first-order valence-corrected chi connectivity index (χ1v) is 7.75. The van der Waals surface area contributed by atoms with Crippen LogP contribution in [0.2, 0.25) is 0 Å². The molecule has 2 rings (SSSR count). The van der Waals surface area contributed by atoms with E-state index < -0.39 is 5.97 Å². The number of carbonyl (C=O) groups excluding carboxylic acids is 1. The molecule has 0 fully saturated rings. The molecule has 5 nitrogen and oxygen atoms in total. The number of benzene rings is 2.